The maximum Gasteiger partial charge on any atom is 0.251 e. The average molecular weight is 260 g/mol. The third kappa shape index (κ3) is 3.18. The molecule has 0 aliphatic heterocycles. The van der Waals surface area contributed by atoms with Gasteiger partial charge in [0, 0.05) is 10.4 Å². The van der Waals surface area contributed by atoms with Crippen LogP contribution in [0, 0.1) is 0 Å². The molecule has 0 radical (unpaired) electrons. The number of nitrogens with two attached hydrogens (primary N) is 1. The summed E-state index contributed by atoms with van der Waals surface area (Å²) in [7, 11) is 0. The van der Waals surface area contributed by atoms with Gasteiger partial charge in [-0.05, 0) is 36.0 Å². The third-order valence-electron chi connectivity index (χ3n) is 2.68. The summed E-state index contributed by atoms with van der Waals surface area (Å²) in [6.45, 7) is 1.13. The molecule has 4 heteroatoms. The summed E-state index contributed by atoms with van der Waals surface area (Å²) >= 11 is 1.64. The molecule has 1 aromatic carbocycles. The fourth-order valence-corrected chi connectivity index (χ4v) is 2.44. The summed E-state index contributed by atoms with van der Waals surface area (Å²) in [5, 5.41) is 4.93. The molecule has 1 heterocycles. The second kappa shape index (κ2) is 6.33. The van der Waals surface area contributed by atoms with Gasteiger partial charge in [-0.3, -0.25) is 4.79 Å². The minimum absolute atomic E-state index is 0.0348. The number of hydrogen-bond donors (Lipinski definition) is 2. The SMILES string of the molecule is NCCc1ccccc1C(=O)NCc1cccs1. The van der Waals surface area contributed by atoms with Gasteiger partial charge in [-0.15, -0.1) is 11.3 Å². The van der Waals surface area contributed by atoms with Crippen LogP contribution < -0.4 is 11.1 Å². The lowest BCUT2D eigenvalue weighted by molar-refractivity contribution is 0.0950. The van der Waals surface area contributed by atoms with Crippen LogP contribution in [0.5, 0.6) is 0 Å². The largest absolute Gasteiger partial charge is 0.347 e. The Morgan fingerprint density at radius 2 is 2.06 bits per heavy atom. The fourth-order valence-electron chi connectivity index (χ4n) is 1.79. The van der Waals surface area contributed by atoms with E-state index in [0.29, 0.717) is 13.1 Å². The molecule has 0 bridgehead atoms. The van der Waals surface area contributed by atoms with Crippen molar-refractivity contribution in [3.8, 4) is 0 Å². The number of rotatable bonds is 5. The lowest BCUT2D eigenvalue weighted by atomic mass is 10.0. The number of amides is 1. The number of carbonyl (C=O) groups excluding carboxylic acids is 1. The van der Waals surface area contributed by atoms with E-state index >= 15 is 0 Å². The third-order valence-corrected chi connectivity index (χ3v) is 3.56. The van der Waals surface area contributed by atoms with E-state index in [2.05, 4.69) is 5.32 Å². The van der Waals surface area contributed by atoms with Gasteiger partial charge in [-0.2, -0.15) is 0 Å². The molecule has 0 aliphatic rings. The van der Waals surface area contributed by atoms with E-state index in [-0.39, 0.29) is 5.91 Å². The maximum absolute atomic E-state index is 12.1. The minimum Gasteiger partial charge on any atom is -0.347 e. The molecule has 0 saturated carbocycles. The van der Waals surface area contributed by atoms with Gasteiger partial charge in [-0.25, -0.2) is 0 Å². The number of nitrogens with one attached hydrogen (secondary N) is 1. The highest BCUT2D eigenvalue weighted by molar-refractivity contribution is 7.09. The average Bonchev–Trinajstić information content (AvgIpc) is 2.90. The second-order valence-corrected chi connectivity index (χ2v) is 4.99. The first-order chi connectivity index (χ1) is 8.81. The minimum atomic E-state index is -0.0348. The molecule has 1 aromatic heterocycles. The van der Waals surface area contributed by atoms with Crippen LogP contribution in [-0.2, 0) is 13.0 Å². The van der Waals surface area contributed by atoms with Crippen molar-refractivity contribution in [2.45, 2.75) is 13.0 Å². The van der Waals surface area contributed by atoms with Crippen molar-refractivity contribution in [3.63, 3.8) is 0 Å². The Labute approximate surface area is 111 Å². The van der Waals surface area contributed by atoms with E-state index in [9.17, 15) is 4.79 Å². The van der Waals surface area contributed by atoms with Gasteiger partial charge in [-0.1, -0.05) is 24.3 Å². The molecule has 2 rings (SSSR count). The van der Waals surface area contributed by atoms with Crippen LogP contribution in [0.2, 0.25) is 0 Å². The highest BCUT2D eigenvalue weighted by Crippen LogP contribution is 2.11. The van der Waals surface area contributed by atoms with E-state index in [1.165, 1.54) is 0 Å². The summed E-state index contributed by atoms with van der Waals surface area (Å²) in [5.41, 5.74) is 7.28. The molecule has 0 aliphatic carbocycles. The monoisotopic (exact) mass is 260 g/mol. The predicted octanol–water partition coefficient (Wildman–Crippen LogP) is 2.18. The van der Waals surface area contributed by atoms with Crippen LogP contribution in [-0.4, -0.2) is 12.5 Å². The van der Waals surface area contributed by atoms with E-state index in [1.807, 2.05) is 41.8 Å². The van der Waals surface area contributed by atoms with Crippen LogP contribution in [0.25, 0.3) is 0 Å². The zero-order valence-corrected chi connectivity index (χ0v) is 10.9. The van der Waals surface area contributed by atoms with E-state index in [1.54, 1.807) is 11.3 Å². The van der Waals surface area contributed by atoms with E-state index < -0.39 is 0 Å². The van der Waals surface area contributed by atoms with Gasteiger partial charge >= 0.3 is 0 Å². The summed E-state index contributed by atoms with van der Waals surface area (Å²) in [4.78, 5) is 13.2. The van der Waals surface area contributed by atoms with Gasteiger partial charge < -0.3 is 11.1 Å². The molecular formula is C14H16N2OS. The number of hydrogen-bond acceptors (Lipinski definition) is 3. The smallest absolute Gasteiger partial charge is 0.251 e. The Morgan fingerprint density at radius 3 is 2.78 bits per heavy atom. The molecular weight excluding hydrogens is 244 g/mol. The van der Waals surface area contributed by atoms with Gasteiger partial charge in [0.2, 0.25) is 0 Å². The molecule has 3 nitrogen and oxygen atoms in total. The summed E-state index contributed by atoms with van der Waals surface area (Å²) in [6.07, 6.45) is 0.725. The topological polar surface area (TPSA) is 55.1 Å². The fraction of sp³-hybridized carbons (Fsp3) is 0.214. The summed E-state index contributed by atoms with van der Waals surface area (Å²) < 4.78 is 0. The molecule has 0 saturated heterocycles. The highest BCUT2D eigenvalue weighted by Gasteiger charge is 2.09. The predicted molar refractivity (Wildman–Crippen MR) is 74.7 cm³/mol. The van der Waals surface area contributed by atoms with Crippen molar-refractivity contribution in [1.82, 2.24) is 5.32 Å². The number of benzene rings is 1. The molecule has 0 fully saturated rings. The molecule has 18 heavy (non-hydrogen) atoms. The molecule has 94 valence electrons. The van der Waals surface area contributed by atoms with Gasteiger partial charge in [0.15, 0.2) is 0 Å². The summed E-state index contributed by atoms with van der Waals surface area (Å²) in [5.74, 6) is -0.0348. The van der Waals surface area contributed by atoms with Crippen molar-refractivity contribution in [1.29, 1.82) is 0 Å². The van der Waals surface area contributed by atoms with Crippen molar-refractivity contribution >= 4 is 17.2 Å². The molecule has 2 aromatic rings. The normalized spacial score (nSPS) is 10.3. The van der Waals surface area contributed by atoms with Gasteiger partial charge in [0.25, 0.3) is 5.91 Å². The lowest BCUT2D eigenvalue weighted by Gasteiger charge is -2.08. The molecule has 0 atom stereocenters. The first-order valence-corrected chi connectivity index (χ1v) is 6.78. The Bertz CT molecular complexity index is 508. The Kier molecular flexibility index (Phi) is 4.50. The van der Waals surface area contributed by atoms with Crippen molar-refractivity contribution < 1.29 is 4.79 Å². The number of carbonyl (C=O) groups is 1. The van der Waals surface area contributed by atoms with E-state index in [0.717, 1.165) is 22.4 Å². The molecule has 0 unspecified atom stereocenters. The zero-order valence-electron chi connectivity index (χ0n) is 10.1. The quantitative estimate of drug-likeness (QED) is 0.865. The van der Waals surface area contributed by atoms with Crippen molar-refractivity contribution in [3.05, 3.63) is 57.8 Å². The molecule has 1 amide bonds. The van der Waals surface area contributed by atoms with Gasteiger partial charge in [0.1, 0.15) is 0 Å². The Morgan fingerprint density at radius 1 is 1.22 bits per heavy atom. The molecule has 3 N–H and O–H groups in total. The van der Waals surface area contributed by atoms with Gasteiger partial charge in [0.05, 0.1) is 6.54 Å². The standard InChI is InChI=1S/C14H16N2OS/c15-8-7-11-4-1-2-6-13(11)14(17)16-10-12-5-3-9-18-12/h1-6,9H,7-8,10,15H2,(H,16,17). The van der Waals surface area contributed by atoms with Crippen molar-refractivity contribution in [2.75, 3.05) is 6.54 Å². The van der Waals surface area contributed by atoms with Crippen LogP contribution in [0.4, 0.5) is 0 Å². The summed E-state index contributed by atoms with van der Waals surface area (Å²) in [6, 6.07) is 11.6. The Balaban J connectivity index is 2.04. The van der Waals surface area contributed by atoms with E-state index in [4.69, 9.17) is 5.73 Å². The van der Waals surface area contributed by atoms with Crippen LogP contribution in [0.3, 0.4) is 0 Å². The highest BCUT2D eigenvalue weighted by atomic mass is 32.1. The lowest BCUT2D eigenvalue weighted by Crippen LogP contribution is -2.24. The van der Waals surface area contributed by atoms with Crippen LogP contribution in [0.15, 0.2) is 41.8 Å². The Hall–Kier alpha value is -1.65. The van der Waals surface area contributed by atoms with Crippen molar-refractivity contribution in [2.24, 2.45) is 5.73 Å². The maximum atomic E-state index is 12.1. The second-order valence-electron chi connectivity index (χ2n) is 3.96. The first kappa shape index (κ1) is 12.8. The number of thiophene rings is 1. The van der Waals surface area contributed by atoms with Crippen LogP contribution in [0.1, 0.15) is 20.8 Å². The molecule has 0 spiro atoms. The first-order valence-electron chi connectivity index (χ1n) is 5.90. The van der Waals surface area contributed by atoms with Crippen LogP contribution >= 0.6 is 11.3 Å². The zero-order chi connectivity index (χ0) is 12.8.